The second-order valence-electron chi connectivity index (χ2n) is 10.5. The number of hydrogen-bond acceptors (Lipinski definition) is 3. The van der Waals surface area contributed by atoms with Crippen LogP contribution in [0.2, 0.25) is 0 Å². The molecule has 1 aliphatic heterocycles. The normalized spacial score (nSPS) is 21.1. The van der Waals surface area contributed by atoms with Gasteiger partial charge in [0.15, 0.2) is 0 Å². The summed E-state index contributed by atoms with van der Waals surface area (Å²) in [6.45, 7) is 10.7. The van der Waals surface area contributed by atoms with Gasteiger partial charge in [-0.05, 0) is 81.0 Å². The average Bonchev–Trinajstić information content (AvgIpc) is 2.68. The Morgan fingerprint density at radius 3 is 2.23 bits per heavy atom. The van der Waals surface area contributed by atoms with E-state index in [1.54, 1.807) is 13.0 Å². The maximum atomic E-state index is 10.9. The Hall–Kier alpha value is -1.71. The number of fused-ring (bicyclic) bond motifs is 1. The van der Waals surface area contributed by atoms with Crippen LogP contribution in [0.1, 0.15) is 103 Å². The molecule has 31 heavy (non-hydrogen) atoms. The zero-order chi connectivity index (χ0) is 23.0. The Kier molecular flexibility index (Phi) is 9.71. The summed E-state index contributed by atoms with van der Waals surface area (Å²) in [6, 6.07) is 3.64. The third-order valence-electron chi connectivity index (χ3n) is 7.16. The number of aromatic hydroxyl groups is 1. The molecule has 0 radical (unpaired) electrons. The minimum absolute atomic E-state index is 0.101. The lowest BCUT2D eigenvalue weighted by atomic mass is 9.85. The van der Waals surface area contributed by atoms with Crippen LogP contribution in [0, 0.1) is 24.7 Å². The van der Waals surface area contributed by atoms with Gasteiger partial charge in [-0.3, -0.25) is 4.79 Å². The van der Waals surface area contributed by atoms with Crippen LogP contribution >= 0.6 is 0 Å². The van der Waals surface area contributed by atoms with E-state index < -0.39 is 5.97 Å². The van der Waals surface area contributed by atoms with E-state index in [1.165, 1.54) is 32.1 Å². The van der Waals surface area contributed by atoms with Crippen LogP contribution in [0.15, 0.2) is 12.1 Å². The number of carboxylic acids is 1. The fourth-order valence-electron chi connectivity index (χ4n) is 4.85. The van der Waals surface area contributed by atoms with Crippen molar-refractivity contribution < 1.29 is 19.7 Å². The highest BCUT2D eigenvalue weighted by Crippen LogP contribution is 2.40. The molecule has 2 N–H and O–H groups in total. The summed E-state index contributed by atoms with van der Waals surface area (Å²) in [5, 5.41) is 18.8. The highest BCUT2D eigenvalue weighted by Gasteiger charge is 2.32. The van der Waals surface area contributed by atoms with E-state index in [0.29, 0.717) is 11.7 Å². The highest BCUT2D eigenvalue weighted by atomic mass is 16.5. The van der Waals surface area contributed by atoms with Crippen LogP contribution < -0.4 is 4.74 Å². The average molecular weight is 433 g/mol. The van der Waals surface area contributed by atoms with Gasteiger partial charge in [-0.1, -0.05) is 59.3 Å². The van der Waals surface area contributed by atoms with Crippen molar-refractivity contribution in [3.63, 3.8) is 0 Å². The van der Waals surface area contributed by atoms with E-state index in [2.05, 4.69) is 20.8 Å². The molecule has 0 saturated heterocycles. The van der Waals surface area contributed by atoms with Gasteiger partial charge in [-0.2, -0.15) is 0 Å². The first-order valence-electron chi connectivity index (χ1n) is 12.3. The quantitative estimate of drug-likeness (QED) is 0.343. The number of aliphatic carboxylic acids is 1. The van der Waals surface area contributed by atoms with Gasteiger partial charge < -0.3 is 14.9 Å². The molecule has 2 rings (SSSR count). The number of phenols is 1. The van der Waals surface area contributed by atoms with Gasteiger partial charge in [0.25, 0.3) is 0 Å². The second-order valence-corrected chi connectivity index (χ2v) is 10.5. The molecular formula is C27H44O4. The zero-order valence-electron chi connectivity index (χ0n) is 20.4. The number of phenolic OH excluding ortho intramolecular Hbond substituents is 1. The summed E-state index contributed by atoms with van der Waals surface area (Å²) in [6.07, 6.45) is 12.2. The summed E-state index contributed by atoms with van der Waals surface area (Å²) >= 11 is 0. The molecular weight excluding hydrogens is 388 g/mol. The maximum Gasteiger partial charge on any atom is 0.306 e. The van der Waals surface area contributed by atoms with Gasteiger partial charge in [0.1, 0.15) is 17.1 Å². The molecule has 1 aromatic carbocycles. The first kappa shape index (κ1) is 25.5. The molecule has 0 bridgehead atoms. The van der Waals surface area contributed by atoms with E-state index in [-0.39, 0.29) is 11.5 Å². The van der Waals surface area contributed by atoms with E-state index in [1.807, 2.05) is 13.0 Å². The number of carbonyl (C=O) groups is 1. The molecule has 0 saturated carbocycles. The molecule has 0 spiro atoms. The molecule has 4 heteroatoms. The van der Waals surface area contributed by atoms with Gasteiger partial charge >= 0.3 is 5.97 Å². The SMILES string of the molecule is Cc1cc(O)cc2c1O[C@](C)(CCCC(C)CCCC(C)CCCC(C)C(=O)O)CC2. The van der Waals surface area contributed by atoms with Crippen LogP contribution in [0.5, 0.6) is 11.5 Å². The van der Waals surface area contributed by atoms with Crippen molar-refractivity contribution >= 4 is 5.97 Å². The van der Waals surface area contributed by atoms with Crippen LogP contribution in [-0.2, 0) is 11.2 Å². The Morgan fingerprint density at radius 1 is 1.03 bits per heavy atom. The third kappa shape index (κ3) is 8.38. The molecule has 0 aromatic heterocycles. The fourth-order valence-corrected chi connectivity index (χ4v) is 4.85. The van der Waals surface area contributed by atoms with E-state index in [9.17, 15) is 9.90 Å². The molecule has 0 aliphatic carbocycles. The zero-order valence-corrected chi connectivity index (χ0v) is 20.4. The Morgan fingerprint density at radius 2 is 1.61 bits per heavy atom. The molecule has 0 fully saturated rings. The maximum absolute atomic E-state index is 10.9. The topological polar surface area (TPSA) is 66.8 Å². The van der Waals surface area contributed by atoms with Gasteiger partial charge in [0.2, 0.25) is 0 Å². The lowest BCUT2D eigenvalue weighted by molar-refractivity contribution is -0.141. The van der Waals surface area contributed by atoms with E-state index in [4.69, 9.17) is 9.84 Å². The number of aryl methyl sites for hydroxylation is 2. The molecule has 4 nitrogen and oxygen atoms in total. The van der Waals surface area contributed by atoms with Crippen LogP contribution in [0.4, 0.5) is 0 Å². The molecule has 0 amide bonds. The second kappa shape index (κ2) is 11.8. The van der Waals surface area contributed by atoms with Crippen molar-refractivity contribution in [3.8, 4) is 11.5 Å². The molecule has 1 aliphatic rings. The van der Waals surface area contributed by atoms with Crippen LogP contribution in [0.3, 0.4) is 0 Å². The number of carboxylic acid groups (broad SMARTS) is 1. The Labute approximate surface area is 189 Å². The van der Waals surface area contributed by atoms with E-state index >= 15 is 0 Å². The van der Waals surface area contributed by atoms with Gasteiger partial charge in [0.05, 0.1) is 5.92 Å². The minimum atomic E-state index is -0.674. The van der Waals surface area contributed by atoms with Gasteiger partial charge in [0, 0.05) is 0 Å². The molecule has 1 heterocycles. The van der Waals surface area contributed by atoms with Crippen molar-refractivity contribution in [2.24, 2.45) is 17.8 Å². The van der Waals surface area contributed by atoms with Crippen molar-refractivity contribution in [1.82, 2.24) is 0 Å². The minimum Gasteiger partial charge on any atom is -0.508 e. The lowest BCUT2D eigenvalue weighted by Gasteiger charge is -2.37. The van der Waals surface area contributed by atoms with Crippen molar-refractivity contribution in [3.05, 3.63) is 23.3 Å². The standard InChI is InChI=1S/C27H44O4/c1-19(11-7-13-21(3)26(29)30)9-6-10-20(2)12-8-15-27(5)16-14-23-18-24(28)17-22(4)25(23)31-27/h17-21,28H,6-16H2,1-5H3,(H,29,30)/t19?,20?,21?,27-/m1/s1. The lowest BCUT2D eigenvalue weighted by Crippen LogP contribution is -2.36. The first-order chi connectivity index (χ1) is 14.6. The smallest absolute Gasteiger partial charge is 0.306 e. The third-order valence-corrected chi connectivity index (χ3v) is 7.16. The Bertz CT molecular complexity index is 713. The highest BCUT2D eigenvalue weighted by molar-refractivity contribution is 5.69. The number of ether oxygens (including phenoxy) is 1. The monoisotopic (exact) mass is 432 g/mol. The first-order valence-corrected chi connectivity index (χ1v) is 12.3. The fraction of sp³-hybridized carbons (Fsp3) is 0.741. The van der Waals surface area contributed by atoms with Gasteiger partial charge in [-0.25, -0.2) is 0 Å². The van der Waals surface area contributed by atoms with Crippen LogP contribution in [-0.4, -0.2) is 21.8 Å². The largest absolute Gasteiger partial charge is 0.508 e. The number of rotatable bonds is 13. The molecule has 4 atom stereocenters. The Balaban J connectivity index is 1.62. The molecule has 3 unspecified atom stereocenters. The summed E-state index contributed by atoms with van der Waals surface area (Å²) in [5.74, 6) is 1.84. The molecule has 176 valence electrons. The number of benzene rings is 1. The summed E-state index contributed by atoms with van der Waals surface area (Å²) in [5.41, 5.74) is 2.06. The summed E-state index contributed by atoms with van der Waals surface area (Å²) in [4.78, 5) is 10.9. The summed E-state index contributed by atoms with van der Waals surface area (Å²) < 4.78 is 6.42. The molecule has 1 aromatic rings. The predicted molar refractivity (Wildman–Crippen MR) is 127 cm³/mol. The van der Waals surface area contributed by atoms with Crippen molar-refractivity contribution in [2.75, 3.05) is 0 Å². The van der Waals surface area contributed by atoms with Crippen molar-refractivity contribution in [1.29, 1.82) is 0 Å². The number of hydrogen-bond donors (Lipinski definition) is 2. The summed E-state index contributed by atoms with van der Waals surface area (Å²) in [7, 11) is 0. The predicted octanol–water partition coefficient (Wildman–Crippen LogP) is 7.29. The van der Waals surface area contributed by atoms with E-state index in [0.717, 1.165) is 61.3 Å². The van der Waals surface area contributed by atoms with Crippen LogP contribution in [0.25, 0.3) is 0 Å². The van der Waals surface area contributed by atoms with Gasteiger partial charge in [-0.15, -0.1) is 0 Å². The van der Waals surface area contributed by atoms with Crippen molar-refractivity contribution in [2.45, 2.75) is 111 Å².